The van der Waals surface area contributed by atoms with Crippen LogP contribution in [-0.4, -0.2) is 39.5 Å². The minimum absolute atomic E-state index is 0.144. The summed E-state index contributed by atoms with van der Waals surface area (Å²) in [7, 11) is 1.38. The summed E-state index contributed by atoms with van der Waals surface area (Å²) in [6.45, 7) is 2.89. The third-order valence-corrected chi connectivity index (χ3v) is 8.38. The zero-order chi connectivity index (χ0) is 21.8. The molecule has 0 saturated heterocycles. The number of ether oxygens (including phenoxy) is 1. The lowest BCUT2D eigenvalue weighted by Gasteiger charge is -2.21. The Balaban J connectivity index is 1.39. The number of thiophene rings is 1. The van der Waals surface area contributed by atoms with Gasteiger partial charge < -0.3 is 14.6 Å². The van der Waals surface area contributed by atoms with Crippen molar-refractivity contribution < 1.29 is 14.3 Å². The van der Waals surface area contributed by atoms with Crippen LogP contribution in [0.1, 0.15) is 72.1 Å². The molecule has 2 aliphatic rings. The van der Waals surface area contributed by atoms with Gasteiger partial charge in [0.15, 0.2) is 5.16 Å². The predicted octanol–water partition coefficient (Wildman–Crippen LogP) is 4.49. The summed E-state index contributed by atoms with van der Waals surface area (Å²) in [4.78, 5) is 26.1. The maximum absolute atomic E-state index is 12.7. The molecule has 0 spiro atoms. The van der Waals surface area contributed by atoms with Gasteiger partial charge in [-0.15, -0.1) is 21.5 Å². The third-order valence-electron chi connectivity index (χ3n) is 6.20. The van der Waals surface area contributed by atoms with Gasteiger partial charge in [-0.1, -0.05) is 43.9 Å². The number of rotatable bonds is 8. The smallest absolute Gasteiger partial charge is 0.341 e. The lowest BCUT2D eigenvalue weighted by molar-refractivity contribution is -0.113. The van der Waals surface area contributed by atoms with Crippen LogP contribution in [0.3, 0.4) is 0 Å². The second-order valence-electron chi connectivity index (χ2n) is 8.24. The van der Waals surface area contributed by atoms with Crippen LogP contribution in [0.5, 0.6) is 0 Å². The normalized spacial score (nSPS) is 16.3. The van der Waals surface area contributed by atoms with Crippen molar-refractivity contribution in [2.24, 2.45) is 5.92 Å². The van der Waals surface area contributed by atoms with Crippen LogP contribution in [-0.2, 0) is 35.3 Å². The molecular weight excluding hydrogens is 432 g/mol. The van der Waals surface area contributed by atoms with E-state index in [4.69, 9.17) is 4.74 Å². The van der Waals surface area contributed by atoms with Gasteiger partial charge in [-0.2, -0.15) is 0 Å². The number of hydrogen-bond donors (Lipinski definition) is 1. The molecule has 2 heterocycles. The number of thioether (sulfide) groups is 1. The number of aromatic nitrogens is 3. The molecule has 2 aliphatic carbocycles. The number of anilines is 1. The van der Waals surface area contributed by atoms with Crippen LogP contribution in [0.4, 0.5) is 5.00 Å². The first kappa shape index (κ1) is 22.3. The molecule has 1 saturated carbocycles. The highest BCUT2D eigenvalue weighted by molar-refractivity contribution is 7.99. The molecule has 1 fully saturated rings. The molecule has 0 bridgehead atoms. The zero-order valence-electron chi connectivity index (χ0n) is 18.2. The molecule has 7 nitrogen and oxygen atoms in total. The highest BCUT2D eigenvalue weighted by Gasteiger charge is 2.28. The van der Waals surface area contributed by atoms with Gasteiger partial charge in [-0.3, -0.25) is 4.79 Å². The topological polar surface area (TPSA) is 86.1 Å². The Morgan fingerprint density at radius 3 is 2.74 bits per heavy atom. The molecule has 9 heteroatoms. The number of methoxy groups -OCH3 is 1. The number of nitrogens with one attached hydrogen (secondary N) is 1. The quantitative estimate of drug-likeness (QED) is 0.460. The maximum Gasteiger partial charge on any atom is 0.341 e. The van der Waals surface area contributed by atoms with Gasteiger partial charge in [0.25, 0.3) is 0 Å². The molecule has 2 aromatic heterocycles. The number of aryl methyl sites for hydroxylation is 1. The molecule has 0 radical (unpaired) electrons. The molecule has 1 N–H and O–H groups in total. The highest BCUT2D eigenvalue weighted by atomic mass is 32.2. The largest absolute Gasteiger partial charge is 0.465 e. The average molecular weight is 463 g/mol. The van der Waals surface area contributed by atoms with Crippen molar-refractivity contribution in [3.63, 3.8) is 0 Å². The van der Waals surface area contributed by atoms with E-state index in [2.05, 4.69) is 27.0 Å². The fourth-order valence-electron chi connectivity index (χ4n) is 4.65. The number of nitrogens with zero attached hydrogens (tertiary/aromatic N) is 3. The van der Waals surface area contributed by atoms with Crippen LogP contribution < -0.4 is 5.32 Å². The summed E-state index contributed by atoms with van der Waals surface area (Å²) >= 11 is 2.90. The third kappa shape index (κ3) is 4.98. The summed E-state index contributed by atoms with van der Waals surface area (Å²) < 4.78 is 7.09. The summed E-state index contributed by atoms with van der Waals surface area (Å²) in [5.74, 6) is 1.43. The second-order valence-corrected chi connectivity index (χ2v) is 10.3. The van der Waals surface area contributed by atoms with E-state index in [0.717, 1.165) is 48.8 Å². The minimum atomic E-state index is -0.375. The number of esters is 1. The molecule has 0 atom stereocenters. The summed E-state index contributed by atoms with van der Waals surface area (Å²) in [6.07, 6.45) is 10.4. The molecule has 0 aromatic carbocycles. The fraction of sp³-hybridized carbons (Fsp3) is 0.636. The van der Waals surface area contributed by atoms with E-state index < -0.39 is 0 Å². The standard InChI is InChI=1S/C22H30N4O3S2/c1-3-26-17(12-14-8-5-4-6-9-14)24-25-22(26)30-13-18(27)23-20-19(21(28)29-2)15-10-7-11-16(15)31-20/h14H,3-13H2,1-2H3,(H,23,27). The number of carbonyl (C=O) groups excluding carboxylic acids is 2. The Labute approximate surface area is 191 Å². The van der Waals surface area contributed by atoms with Crippen molar-refractivity contribution in [3.8, 4) is 0 Å². The lowest BCUT2D eigenvalue weighted by atomic mass is 9.87. The van der Waals surface area contributed by atoms with Crippen LogP contribution in [0.25, 0.3) is 0 Å². The van der Waals surface area contributed by atoms with Crippen LogP contribution >= 0.6 is 23.1 Å². The summed E-state index contributed by atoms with van der Waals surface area (Å²) in [5.41, 5.74) is 1.57. The van der Waals surface area contributed by atoms with Crippen LogP contribution in [0.15, 0.2) is 5.16 Å². The van der Waals surface area contributed by atoms with Crippen molar-refractivity contribution >= 4 is 40.0 Å². The van der Waals surface area contributed by atoms with Crippen molar-refractivity contribution in [2.75, 3.05) is 18.2 Å². The average Bonchev–Trinajstić information content (AvgIpc) is 3.47. The lowest BCUT2D eigenvalue weighted by Crippen LogP contribution is -2.17. The van der Waals surface area contributed by atoms with Crippen LogP contribution in [0.2, 0.25) is 0 Å². The van der Waals surface area contributed by atoms with Gasteiger partial charge in [0.1, 0.15) is 10.8 Å². The highest BCUT2D eigenvalue weighted by Crippen LogP contribution is 2.39. The molecule has 168 valence electrons. The number of amides is 1. The van der Waals surface area contributed by atoms with Crippen molar-refractivity contribution in [1.82, 2.24) is 14.8 Å². The van der Waals surface area contributed by atoms with E-state index >= 15 is 0 Å². The Morgan fingerprint density at radius 2 is 2.00 bits per heavy atom. The van der Waals surface area contributed by atoms with Gasteiger partial charge in [-0.25, -0.2) is 4.79 Å². The fourth-order valence-corrected chi connectivity index (χ4v) is 6.76. The van der Waals surface area contributed by atoms with Gasteiger partial charge in [0.05, 0.1) is 18.4 Å². The molecule has 0 unspecified atom stereocenters. The number of carbonyl (C=O) groups is 2. The first-order valence-electron chi connectivity index (χ1n) is 11.2. The van der Waals surface area contributed by atoms with Crippen molar-refractivity contribution in [3.05, 3.63) is 21.8 Å². The van der Waals surface area contributed by atoms with E-state index in [9.17, 15) is 9.59 Å². The molecule has 2 aromatic rings. The molecule has 0 aliphatic heterocycles. The first-order valence-corrected chi connectivity index (χ1v) is 13.0. The van der Waals surface area contributed by atoms with Crippen molar-refractivity contribution in [1.29, 1.82) is 0 Å². The van der Waals surface area contributed by atoms with E-state index in [-0.39, 0.29) is 17.6 Å². The Morgan fingerprint density at radius 1 is 1.19 bits per heavy atom. The maximum atomic E-state index is 12.7. The number of hydrogen-bond acceptors (Lipinski definition) is 7. The van der Waals surface area contributed by atoms with E-state index in [1.165, 1.54) is 67.2 Å². The van der Waals surface area contributed by atoms with E-state index in [1.807, 2.05) is 0 Å². The first-order chi connectivity index (χ1) is 15.1. The zero-order valence-corrected chi connectivity index (χ0v) is 19.9. The molecule has 4 rings (SSSR count). The van der Waals surface area contributed by atoms with Gasteiger partial charge in [0.2, 0.25) is 5.91 Å². The van der Waals surface area contributed by atoms with E-state index in [1.54, 1.807) is 0 Å². The van der Waals surface area contributed by atoms with Gasteiger partial charge in [0, 0.05) is 17.8 Å². The molecule has 1 amide bonds. The summed E-state index contributed by atoms with van der Waals surface area (Å²) in [6, 6.07) is 0. The number of fused-ring (bicyclic) bond motifs is 1. The Hall–Kier alpha value is -1.87. The predicted molar refractivity (Wildman–Crippen MR) is 123 cm³/mol. The van der Waals surface area contributed by atoms with Crippen LogP contribution in [0, 0.1) is 5.92 Å². The second kappa shape index (κ2) is 10.2. The van der Waals surface area contributed by atoms with Crippen molar-refractivity contribution in [2.45, 2.75) is 76.4 Å². The molecule has 31 heavy (non-hydrogen) atoms. The Kier molecular flexibility index (Phi) is 7.32. The minimum Gasteiger partial charge on any atom is -0.465 e. The monoisotopic (exact) mass is 462 g/mol. The Bertz CT molecular complexity index is 947. The molecular formula is C22H30N4O3S2. The van der Waals surface area contributed by atoms with E-state index in [0.29, 0.717) is 16.5 Å². The van der Waals surface area contributed by atoms with Gasteiger partial charge in [-0.05, 0) is 37.7 Å². The SMILES string of the molecule is CCn1c(CC2CCCCC2)nnc1SCC(=O)Nc1sc2c(c1C(=O)OC)CCC2. The summed E-state index contributed by atoms with van der Waals surface area (Å²) in [5, 5.41) is 13.1. The van der Waals surface area contributed by atoms with Gasteiger partial charge >= 0.3 is 5.97 Å².